The molecule has 1 rings (SSSR count). The third-order valence-corrected chi connectivity index (χ3v) is 1.82. The molecule has 1 heterocycles. The molecule has 18 heavy (non-hydrogen) atoms. The number of ether oxygens (including phenoxy) is 1. The van der Waals surface area contributed by atoms with Gasteiger partial charge in [-0.25, -0.2) is 9.59 Å². The van der Waals surface area contributed by atoms with Crippen molar-refractivity contribution in [3.05, 3.63) is 32.6 Å². The molecule has 0 aromatic carbocycles. The van der Waals surface area contributed by atoms with E-state index in [9.17, 15) is 19.2 Å². The van der Waals surface area contributed by atoms with E-state index in [0.717, 1.165) is 6.20 Å². The normalized spacial score (nSPS) is 10.0. The molecule has 9 nitrogen and oxygen atoms in total. The van der Waals surface area contributed by atoms with Gasteiger partial charge in [0, 0.05) is 12.7 Å². The summed E-state index contributed by atoms with van der Waals surface area (Å²) in [4.78, 5) is 47.5. The first-order valence-corrected chi connectivity index (χ1v) is 4.90. The molecular weight excluding hydrogens is 246 g/mol. The predicted octanol–water partition coefficient (Wildman–Crippen LogP) is -2.11. The van der Waals surface area contributed by atoms with E-state index in [4.69, 9.17) is 5.11 Å². The van der Waals surface area contributed by atoms with Gasteiger partial charge in [-0.05, 0) is 0 Å². The maximum Gasteiger partial charge on any atom is 0.329 e. The Kier molecular flexibility index (Phi) is 4.81. The van der Waals surface area contributed by atoms with Gasteiger partial charge in [-0.3, -0.25) is 14.6 Å². The van der Waals surface area contributed by atoms with Crippen LogP contribution in [-0.2, 0) is 9.53 Å². The largest absolute Gasteiger partial charge is 0.480 e. The van der Waals surface area contributed by atoms with Gasteiger partial charge in [-0.1, -0.05) is 0 Å². The van der Waals surface area contributed by atoms with Gasteiger partial charge in [0.15, 0.2) is 0 Å². The van der Waals surface area contributed by atoms with Crippen LogP contribution >= 0.6 is 0 Å². The number of hydrogen-bond donors (Lipinski definition) is 4. The number of nitrogens with one attached hydrogen (secondary N) is 3. The summed E-state index contributed by atoms with van der Waals surface area (Å²) in [6.45, 7) is -0.418. The second-order valence-corrected chi connectivity index (χ2v) is 3.19. The van der Waals surface area contributed by atoms with Crippen LogP contribution in [0.5, 0.6) is 0 Å². The SMILES string of the molecule is O=C(O)COCCNC(=O)c1c[nH]c(=O)[nH]c1=O. The van der Waals surface area contributed by atoms with Gasteiger partial charge in [0.1, 0.15) is 12.2 Å². The van der Waals surface area contributed by atoms with Crippen molar-refractivity contribution >= 4 is 11.9 Å². The standard InChI is InChI=1S/C9H11N3O6/c13-6(14)4-18-2-1-10-7(15)5-3-11-9(17)12-8(5)16/h3H,1-2,4H2,(H,10,15)(H,13,14)(H2,11,12,16,17). The van der Waals surface area contributed by atoms with Crippen molar-refractivity contribution in [3.63, 3.8) is 0 Å². The number of carboxylic acid groups (broad SMARTS) is 1. The molecule has 0 fully saturated rings. The van der Waals surface area contributed by atoms with Gasteiger partial charge >= 0.3 is 11.7 Å². The highest BCUT2D eigenvalue weighted by Crippen LogP contribution is 1.84. The summed E-state index contributed by atoms with van der Waals surface area (Å²) in [5.74, 6) is -1.80. The molecule has 0 aliphatic carbocycles. The number of aromatic nitrogens is 2. The van der Waals surface area contributed by atoms with E-state index in [-0.39, 0.29) is 18.7 Å². The number of H-pyrrole nitrogens is 2. The van der Waals surface area contributed by atoms with E-state index in [1.165, 1.54) is 0 Å². The van der Waals surface area contributed by atoms with Crippen molar-refractivity contribution in [3.8, 4) is 0 Å². The monoisotopic (exact) mass is 257 g/mol. The van der Waals surface area contributed by atoms with Crippen molar-refractivity contribution in [1.29, 1.82) is 0 Å². The molecule has 9 heteroatoms. The van der Waals surface area contributed by atoms with Crippen molar-refractivity contribution in [1.82, 2.24) is 15.3 Å². The molecule has 1 aromatic rings. The lowest BCUT2D eigenvalue weighted by atomic mass is 10.3. The summed E-state index contributed by atoms with van der Waals surface area (Å²) >= 11 is 0. The van der Waals surface area contributed by atoms with Crippen LogP contribution in [0, 0.1) is 0 Å². The fourth-order valence-electron chi connectivity index (χ4n) is 1.07. The van der Waals surface area contributed by atoms with Crippen LogP contribution in [-0.4, -0.2) is 46.7 Å². The number of hydrogen-bond acceptors (Lipinski definition) is 5. The number of aromatic amines is 2. The lowest BCUT2D eigenvalue weighted by Gasteiger charge is -2.04. The number of rotatable bonds is 6. The number of carboxylic acids is 1. The first-order valence-electron chi connectivity index (χ1n) is 4.90. The Morgan fingerprint density at radius 1 is 1.39 bits per heavy atom. The Morgan fingerprint density at radius 3 is 2.72 bits per heavy atom. The molecule has 1 aromatic heterocycles. The zero-order valence-electron chi connectivity index (χ0n) is 9.19. The maximum atomic E-state index is 11.4. The molecule has 1 amide bonds. The minimum atomic E-state index is -1.11. The van der Waals surface area contributed by atoms with Crippen LogP contribution in [0.4, 0.5) is 0 Å². The smallest absolute Gasteiger partial charge is 0.329 e. The van der Waals surface area contributed by atoms with Crippen LogP contribution < -0.4 is 16.6 Å². The van der Waals surface area contributed by atoms with Crippen molar-refractivity contribution in [2.75, 3.05) is 19.8 Å². The predicted molar refractivity (Wildman–Crippen MR) is 58.5 cm³/mol. The quantitative estimate of drug-likeness (QED) is 0.430. The molecule has 0 aliphatic rings. The van der Waals surface area contributed by atoms with Crippen molar-refractivity contribution in [2.24, 2.45) is 0 Å². The summed E-state index contributed by atoms with van der Waals surface area (Å²) in [6.07, 6.45) is 0.995. The third-order valence-electron chi connectivity index (χ3n) is 1.82. The summed E-state index contributed by atoms with van der Waals surface area (Å²) in [5, 5.41) is 10.6. The van der Waals surface area contributed by atoms with E-state index in [0.29, 0.717) is 0 Å². The van der Waals surface area contributed by atoms with Crippen LogP contribution in [0.15, 0.2) is 15.8 Å². The molecule has 0 atom stereocenters. The molecule has 0 radical (unpaired) electrons. The molecule has 4 N–H and O–H groups in total. The zero-order valence-corrected chi connectivity index (χ0v) is 9.19. The Morgan fingerprint density at radius 2 is 2.11 bits per heavy atom. The second kappa shape index (κ2) is 6.35. The van der Waals surface area contributed by atoms with E-state index < -0.39 is 29.7 Å². The summed E-state index contributed by atoms with van der Waals surface area (Å²) in [5.41, 5.74) is -1.75. The van der Waals surface area contributed by atoms with Gasteiger partial charge in [0.05, 0.1) is 6.61 Å². The number of amides is 1. The van der Waals surface area contributed by atoms with Gasteiger partial charge in [-0.2, -0.15) is 0 Å². The van der Waals surface area contributed by atoms with Crippen LogP contribution in [0.2, 0.25) is 0 Å². The fraction of sp³-hybridized carbons (Fsp3) is 0.333. The zero-order chi connectivity index (χ0) is 13.5. The number of aliphatic carboxylic acids is 1. The van der Waals surface area contributed by atoms with Crippen LogP contribution in [0.3, 0.4) is 0 Å². The first kappa shape index (κ1) is 13.6. The van der Waals surface area contributed by atoms with Gasteiger partial charge < -0.3 is 20.1 Å². The number of carbonyl (C=O) groups excluding carboxylic acids is 1. The summed E-state index contributed by atoms with van der Waals surface area (Å²) < 4.78 is 4.67. The highest BCUT2D eigenvalue weighted by Gasteiger charge is 2.09. The summed E-state index contributed by atoms with van der Waals surface area (Å²) in [7, 11) is 0. The van der Waals surface area contributed by atoms with Gasteiger partial charge in [-0.15, -0.1) is 0 Å². The lowest BCUT2D eigenvalue weighted by Crippen LogP contribution is -2.35. The molecule has 0 unspecified atom stereocenters. The summed E-state index contributed by atoms with van der Waals surface area (Å²) in [6, 6.07) is 0. The Balaban J connectivity index is 2.44. The molecular formula is C9H11N3O6. The molecule has 0 saturated heterocycles. The first-order chi connectivity index (χ1) is 8.50. The third kappa shape index (κ3) is 4.22. The molecule has 0 spiro atoms. The van der Waals surface area contributed by atoms with Crippen molar-refractivity contribution < 1.29 is 19.4 Å². The lowest BCUT2D eigenvalue weighted by molar-refractivity contribution is -0.142. The average molecular weight is 257 g/mol. The van der Waals surface area contributed by atoms with Gasteiger partial charge in [0.2, 0.25) is 0 Å². The molecule has 0 saturated carbocycles. The van der Waals surface area contributed by atoms with Crippen LogP contribution in [0.1, 0.15) is 10.4 Å². The molecule has 0 bridgehead atoms. The minimum absolute atomic E-state index is 0.000696. The topological polar surface area (TPSA) is 141 Å². The number of carbonyl (C=O) groups is 2. The Hall–Kier alpha value is -2.42. The van der Waals surface area contributed by atoms with Crippen LogP contribution in [0.25, 0.3) is 0 Å². The Bertz CT molecular complexity index is 546. The van der Waals surface area contributed by atoms with E-state index in [2.05, 4.69) is 15.0 Å². The second-order valence-electron chi connectivity index (χ2n) is 3.19. The minimum Gasteiger partial charge on any atom is -0.480 e. The highest BCUT2D eigenvalue weighted by atomic mass is 16.5. The van der Waals surface area contributed by atoms with E-state index in [1.54, 1.807) is 0 Å². The maximum absolute atomic E-state index is 11.4. The average Bonchev–Trinajstić information content (AvgIpc) is 2.27. The van der Waals surface area contributed by atoms with E-state index >= 15 is 0 Å². The van der Waals surface area contributed by atoms with Crippen molar-refractivity contribution in [2.45, 2.75) is 0 Å². The molecule has 98 valence electrons. The Labute approximate surface area is 99.8 Å². The van der Waals surface area contributed by atoms with Gasteiger partial charge in [0.25, 0.3) is 11.5 Å². The highest BCUT2D eigenvalue weighted by molar-refractivity contribution is 5.93. The fourth-order valence-corrected chi connectivity index (χ4v) is 1.07. The van der Waals surface area contributed by atoms with E-state index in [1.807, 2.05) is 4.98 Å². The molecule has 0 aliphatic heterocycles.